The quantitative estimate of drug-likeness (QED) is 0.677. The molecular formula is C17H24N2O. The molecule has 0 aliphatic heterocycles. The highest BCUT2D eigenvalue weighted by Crippen LogP contribution is 2.26. The third-order valence-corrected chi connectivity index (χ3v) is 4.24. The van der Waals surface area contributed by atoms with Gasteiger partial charge in [-0.15, -0.1) is 0 Å². The molecule has 3 heteroatoms. The van der Waals surface area contributed by atoms with Gasteiger partial charge in [-0.3, -0.25) is 4.79 Å². The molecule has 2 N–H and O–H groups in total. The van der Waals surface area contributed by atoms with Gasteiger partial charge in [-0.1, -0.05) is 19.1 Å². The van der Waals surface area contributed by atoms with Gasteiger partial charge in [0.1, 0.15) is 0 Å². The number of hydrogen-bond donors (Lipinski definition) is 1. The van der Waals surface area contributed by atoms with Crippen LogP contribution in [0.3, 0.4) is 0 Å². The van der Waals surface area contributed by atoms with Gasteiger partial charge in [-0.05, 0) is 55.4 Å². The predicted octanol–water partition coefficient (Wildman–Crippen LogP) is 3.32. The summed E-state index contributed by atoms with van der Waals surface area (Å²) in [5.74, 6) is 0.890. The van der Waals surface area contributed by atoms with Crippen molar-refractivity contribution in [2.75, 3.05) is 12.8 Å². The fraction of sp³-hybridized carbons (Fsp3) is 0.471. The van der Waals surface area contributed by atoms with Gasteiger partial charge < -0.3 is 10.6 Å². The Hall–Kier alpha value is -1.77. The van der Waals surface area contributed by atoms with Crippen LogP contribution in [-0.4, -0.2) is 23.9 Å². The fourth-order valence-corrected chi connectivity index (χ4v) is 2.70. The molecule has 3 nitrogen and oxygen atoms in total. The maximum absolute atomic E-state index is 12.2. The average Bonchev–Trinajstić information content (AvgIpc) is 2.46. The summed E-state index contributed by atoms with van der Waals surface area (Å²) >= 11 is 0. The second-order valence-electron chi connectivity index (χ2n) is 5.86. The minimum atomic E-state index is 0.0846. The van der Waals surface area contributed by atoms with Crippen molar-refractivity contribution < 1.29 is 4.79 Å². The number of anilines is 1. The normalized spacial score (nSPS) is 22.9. The zero-order valence-electron chi connectivity index (χ0n) is 12.4. The lowest BCUT2D eigenvalue weighted by Crippen LogP contribution is -2.38. The van der Waals surface area contributed by atoms with Crippen LogP contribution < -0.4 is 5.73 Å². The average molecular weight is 272 g/mol. The smallest absolute Gasteiger partial charge is 0.246 e. The Kier molecular flexibility index (Phi) is 4.83. The zero-order valence-corrected chi connectivity index (χ0v) is 12.4. The number of likely N-dealkylation sites (N-methyl/N-ethyl adjacent to an activating group) is 1. The van der Waals surface area contributed by atoms with E-state index < -0.39 is 0 Å². The van der Waals surface area contributed by atoms with Gasteiger partial charge in [0.25, 0.3) is 0 Å². The van der Waals surface area contributed by atoms with Crippen molar-refractivity contribution in [2.24, 2.45) is 5.92 Å². The van der Waals surface area contributed by atoms with Crippen LogP contribution in [0, 0.1) is 5.92 Å². The van der Waals surface area contributed by atoms with Crippen molar-refractivity contribution >= 4 is 17.7 Å². The number of nitrogens with two attached hydrogens (primary N) is 1. The molecule has 1 aliphatic carbocycles. The molecule has 0 atom stereocenters. The molecule has 0 aromatic heterocycles. The molecule has 1 fully saturated rings. The van der Waals surface area contributed by atoms with Crippen LogP contribution in [0.2, 0.25) is 0 Å². The van der Waals surface area contributed by atoms with Crippen molar-refractivity contribution in [3.8, 4) is 0 Å². The zero-order chi connectivity index (χ0) is 14.5. The molecule has 0 radical (unpaired) electrons. The van der Waals surface area contributed by atoms with Gasteiger partial charge in [0.15, 0.2) is 0 Å². The minimum Gasteiger partial charge on any atom is -0.399 e. The lowest BCUT2D eigenvalue weighted by atomic mass is 9.87. The summed E-state index contributed by atoms with van der Waals surface area (Å²) in [6, 6.07) is 7.92. The van der Waals surface area contributed by atoms with E-state index in [2.05, 4.69) is 6.92 Å². The Labute approximate surface area is 121 Å². The molecule has 1 aromatic carbocycles. The topological polar surface area (TPSA) is 46.3 Å². The maximum Gasteiger partial charge on any atom is 0.246 e. The Morgan fingerprint density at radius 2 is 1.80 bits per heavy atom. The van der Waals surface area contributed by atoms with Crippen LogP contribution in [0.5, 0.6) is 0 Å². The van der Waals surface area contributed by atoms with Gasteiger partial charge >= 0.3 is 0 Å². The Balaban J connectivity index is 1.92. The number of hydrogen-bond acceptors (Lipinski definition) is 2. The first kappa shape index (κ1) is 14.6. The predicted molar refractivity (Wildman–Crippen MR) is 84.1 cm³/mol. The van der Waals surface area contributed by atoms with Crippen molar-refractivity contribution in [1.29, 1.82) is 0 Å². The van der Waals surface area contributed by atoms with E-state index in [1.54, 1.807) is 6.08 Å². The molecule has 0 bridgehead atoms. The van der Waals surface area contributed by atoms with Crippen LogP contribution >= 0.6 is 0 Å². The number of carbonyl (C=O) groups excluding carboxylic acids is 1. The molecule has 108 valence electrons. The Morgan fingerprint density at radius 3 is 2.40 bits per heavy atom. The number of nitrogens with zero attached hydrogens (tertiary/aromatic N) is 1. The van der Waals surface area contributed by atoms with Crippen LogP contribution in [0.4, 0.5) is 5.69 Å². The van der Waals surface area contributed by atoms with Gasteiger partial charge in [0.05, 0.1) is 0 Å². The van der Waals surface area contributed by atoms with Crippen molar-refractivity contribution in [3.05, 3.63) is 35.9 Å². The highest BCUT2D eigenvalue weighted by atomic mass is 16.2. The molecule has 20 heavy (non-hydrogen) atoms. The highest BCUT2D eigenvalue weighted by molar-refractivity contribution is 5.91. The number of rotatable bonds is 3. The molecule has 1 aliphatic rings. The first-order valence-electron chi connectivity index (χ1n) is 7.36. The highest BCUT2D eigenvalue weighted by Gasteiger charge is 2.23. The van der Waals surface area contributed by atoms with Gasteiger partial charge in [0, 0.05) is 24.9 Å². The summed E-state index contributed by atoms with van der Waals surface area (Å²) in [5.41, 5.74) is 7.38. The molecular weight excluding hydrogens is 248 g/mol. The van der Waals surface area contributed by atoms with Crippen LogP contribution in [0.25, 0.3) is 6.08 Å². The van der Waals surface area contributed by atoms with Gasteiger partial charge in [-0.25, -0.2) is 0 Å². The van der Waals surface area contributed by atoms with E-state index in [0.29, 0.717) is 6.04 Å². The molecule has 1 aromatic rings. The number of carbonyl (C=O) groups is 1. The fourth-order valence-electron chi connectivity index (χ4n) is 2.70. The summed E-state index contributed by atoms with van der Waals surface area (Å²) in [6.07, 6.45) is 8.21. The monoisotopic (exact) mass is 272 g/mol. The van der Waals surface area contributed by atoms with Crippen molar-refractivity contribution in [2.45, 2.75) is 38.6 Å². The standard InChI is InChI=1S/C17H24N2O/c1-13-3-10-16(11-4-13)19(2)17(20)12-7-14-5-8-15(18)9-6-14/h5-9,12-13,16H,3-4,10-11,18H2,1-2H3/b12-7+. The maximum atomic E-state index is 12.2. The minimum absolute atomic E-state index is 0.0846. The second-order valence-corrected chi connectivity index (χ2v) is 5.86. The van der Waals surface area contributed by atoms with E-state index >= 15 is 0 Å². The number of benzene rings is 1. The first-order valence-corrected chi connectivity index (χ1v) is 7.36. The number of nitrogen functional groups attached to an aromatic ring is 1. The van der Waals surface area contributed by atoms with Crippen LogP contribution in [-0.2, 0) is 4.79 Å². The summed E-state index contributed by atoms with van der Waals surface area (Å²) in [5, 5.41) is 0. The summed E-state index contributed by atoms with van der Waals surface area (Å²) in [7, 11) is 1.91. The lowest BCUT2D eigenvalue weighted by Gasteiger charge is -2.33. The SMILES string of the molecule is CC1CCC(N(C)C(=O)/C=C/c2ccc(N)cc2)CC1. The summed E-state index contributed by atoms with van der Waals surface area (Å²) in [6.45, 7) is 2.29. The van der Waals surface area contributed by atoms with E-state index in [-0.39, 0.29) is 5.91 Å². The molecule has 0 heterocycles. The Morgan fingerprint density at radius 1 is 1.20 bits per heavy atom. The number of amides is 1. The molecule has 1 saturated carbocycles. The van der Waals surface area contributed by atoms with Crippen LogP contribution in [0.1, 0.15) is 38.2 Å². The molecule has 2 rings (SSSR count). The summed E-state index contributed by atoms with van der Waals surface area (Å²) in [4.78, 5) is 14.1. The van der Waals surface area contributed by atoms with E-state index in [1.807, 2.05) is 42.3 Å². The third kappa shape index (κ3) is 3.86. The van der Waals surface area contributed by atoms with E-state index in [1.165, 1.54) is 12.8 Å². The molecule has 0 saturated heterocycles. The molecule has 0 spiro atoms. The molecule has 1 amide bonds. The van der Waals surface area contributed by atoms with Crippen molar-refractivity contribution in [1.82, 2.24) is 4.90 Å². The molecule has 0 unspecified atom stereocenters. The van der Waals surface area contributed by atoms with Crippen LogP contribution in [0.15, 0.2) is 30.3 Å². The largest absolute Gasteiger partial charge is 0.399 e. The van der Waals surface area contributed by atoms with Crippen molar-refractivity contribution in [3.63, 3.8) is 0 Å². The Bertz CT molecular complexity index is 470. The van der Waals surface area contributed by atoms with Gasteiger partial charge in [-0.2, -0.15) is 0 Å². The van der Waals surface area contributed by atoms with E-state index in [0.717, 1.165) is 30.0 Å². The second kappa shape index (κ2) is 6.60. The van der Waals surface area contributed by atoms with E-state index in [4.69, 9.17) is 5.73 Å². The summed E-state index contributed by atoms with van der Waals surface area (Å²) < 4.78 is 0. The first-order chi connectivity index (χ1) is 9.56. The lowest BCUT2D eigenvalue weighted by molar-refractivity contribution is -0.127. The van der Waals surface area contributed by atoms with Gasteiger partial charge in [0.2, 0.25) is 5.91 Å². The third-order valence-electron chi connectivity index (χ3n) is 4.24. The van der Waals surface area contributed by atoms with E-state index in [9.17, 15) is 4.79 Å².